The third-order valence-electron chi connectivity index (χ3n) is 2.87. The molecule has 2 aromatic carbocycles. The minimum absolute atomic E-state index is 0.118. The van der Waals surface area contributed by atoms with Crippen LogP contribution >= 0.6 is 15.9 Å². The molecule has 0 spiro atoms. The van der Waals surface area contributed by atoms with Crippen LogP contribution in [0.3, 0.4) is 0 Å². The van der Waals surface area contributed by atoms with E-state index in [9.17, 15) is 20.0 Å². The molecule has 1 amide bonds. The average molecular weight is 351 g/mol. The molecule has 7 heteroatoms. The zero-order chi connectivity index (χ0) is 15.6. The molecule has 0 aliphatic carbocycles. The summed E-state index contributed by atoms with van der Waals surface area (Å²) in [5, 5.41) is 22.8. The van der Waals surface area contributed by atoms with E-state index in [4.69, 9.17) is 0 Å². The lowest BCUT2D eigenvalue weighted by Gasteiger charge is -2.09. The molecule has 0 aliphatic rings. The zero-order valence-electron chi connectivity index (χ0n) is 11.0. The number of carbonyl (C=O) groups excluding carboxylic acids is 1. The van der Waals surface area contributed by atoms with E-state index in [0.29, 0.717) is 5.56 Å². The number of phenols is 1. The number of nitro benzene ring substituents is 1. The molecule has 2 aromatic rings. The SMILES string of the molecule is Cc1cc(Br)ccc1C(=O)Nc1ccc([N+](=O)[O-])cc1O. The highest BCUT2D eigenvalue weighted by Gasteiger charge is 2.14. The molecule has 21 heavy (non-hydrogen) atoms. The van der Waals surface area contributed by atoms with Crippen LogP contribution in [0.15, 0.2) is 40.9 Å². The summed E-state index contributed by atoms with van der Waals surface area (Å²) < 4.78 is 0.856. The van der Waals surface area contributed by atoms with Crippen LogP contribution in [-0.2, 0) is 0 Å². The summed E-state index contributed by atoms with van der Waals surface area (Å²) in [5.41, 5.74) is 1.09. The number of nitrogens with one attached hydrogen (secondary N) is 1. The van der Waals surface area contributed by atoms with E-state index in [-0.39, 0.29) is 17.1 Å². The first-order valence-corrected chi connectivity index (χ1v) is 6.72. The number of carbonyl (C=O) groups is 1. The maximum Gasteiger partial charge on any atom is 0.273 e. The molecule has 0 atom stereocenters. The minimum Gasteiger partial charge on any atom is -0.506 e. The third-order valence-corrected chi connectivity index (χ3v) is 3.37. The number of hydrogen-bond acceptors (Lipinski definition) is 4. The summed E-state index contributed by atoms with van der Waals surface area (Å²) in [6, 6.07) is 8.67. The Bertz CT molecular complexity index is 731. The Morgan fingerprint density at radius 3 is 2.57 bits per heavy atom. The maximum atomic E-state index is 12.1. The van der Waals surface area contributed by atoms with Crippen LogP contribution in [0.25, 0.3) is 0 Å². The van der Waals surface area contributed by atoms with Crippen molar-refractivity contribution in [3.8, 4) is 5.75 Å². The van der Waals surface area contributed by atoms with Gasteiger partial charge in [0.05, 0.1) is 16.7 Å². The lowest BCUT2D eigenvalue weighted by molar-refractivity contribution is -0.384. The van der Waals surface area contributed by atoms with E-state index >= 15 is 0 Å². The van der Waals surface area contributed by atoms with E-state index < -0.39 is 10.8 Å². The molecule has 0 bridgehead atoms. The first kappa shape index (κ1) is 15.0. The molecule has 2 N–H and O–H groups in total. The van der Waals surface area contributed by atoms with Crippen molar-refractivity contribution in [2.75, 3.05) is 5.32 Å². The standard InChI is InChI=1S/C14H11BrN2O4/c1-8-6-9(15)2-4-11(8)14(19)16-12-5-3-10(17(20)21)7-13(12)18/h2-7,18H,1H3,(H,16,19). The fraction of sp³-hybridized carbons (Fsp3) is 0.0714. The Kier molecular flexibility index (Phi) is 4.23. The number of nitrogens with zero attached hydrogens (tertiary/aromatic N) is 1. The van der Waals surface area contributed by atoms with Crippen LogP contribution in [0.5, 0.6) is 5.75 Å². The van der Waals surface area contributed by atoms with Crippen molar-refractivity contribution < 1.29 is 14.8 Å². The molecule has 0 unspecified atom stereocenters. The number of hydrogen-bond donors (Lipinski definition) is 2. The number of aryl methyl sites for hydroxylation is 1. The molecule has 0 saturated heterocycles. The quantitative estimate of drug-likeness (QED) is 0.502. The molecule has 108 valence electrons. The number of nitro groups is 1. The second-order valence-electron chi connectivity index (χ2n) is 4.37. The van der Waals surface area contributed by atoms with Crippen LogP contribution < -0.4 is 5.32 Å². The molecular formula is C14H11BrN2O4. The number of halogens is 1. The van der Waals surface area contributed by atoms with Crippen molar-refractivity contribution in [3.63, 3.8) is 0 Å². The van der Waals surface area contributed by atoms with Crippen molar-refractivity contribution in [2.45, 2.75) is 6.92 Å². The van der Waals surface area contributed by atoms with Crippen LogP contribution in [0.2, 0.25) is 0 Å². The number of anilines is 1. The molecular weight excluding hydrogens is 340 g/mol. The van der Waals surface area contributed by atoms with Gasteiger partial charge in [-0.2, -0.15) is 0 Å². The smallest absolute Gasteiger partial charge is 0.273 e. The number of non-ortho nitro benzene ring substituents is 1. The van der Waals surface area contributed by atoms with E-state index in [1.54, 1.807) is 25.1 Å². The molecule has 0 saturated carbocycles. The summed E-state index contributed by atoms with van der Waals surface area (Å²) in [4.78, 5) is 22.1. The number of benzene rings is 2. The van der Waals surface area contributed by atoms with Gasteiger partial charge in [-0.15, -0.1) is 0 Å². The van der Waals surface area contributed by atoms with Gasteiger partial charge in [-0.05, 0) is 36.8 Å². The normalized spacial score (nSPS) is 10.2. The molecule has 0 aromatic heterocycles. The van der Waals surface area contributed by atoms with Gasteiger partial charge in [0, 0.05) is 16.1 Å². The van der Waals surface area contributed by atoms with E-state index in [0.717, 1.165) is 16.1 Å². The Hall–Kier alpha value is -2.41. The first-order valence-electron chi connectivity index (χ1n) is 5.93. The van der Waals surface area contributed by atoms with Crippen LogP contribution in [0.4, 0.5) is 11.4 Å². The lowest BCUT2D eigenvalue weighted by atomic mass is 10.1. The second kappa shape index (κ2) is 5.92. The van der Waals surface area contributed by atoms with Gasteiger partial charge in [-0.25, -0.2) is 0 Å². The fourth-order valence-corrected chi connectivity index (χ4v) is 2.29. The highest BCUT2D eigenvalue weighted by atomic mass is 79.9. The van der Waals surface area contributed by atoms with Gasteiger partial charge in [0.15, 0.2) is 0 Å². The van der Waals surface area contributed by atoms with Gasteiger partial charge >= 0.3 is 0 Å². The van der Waals surface area contributed by atoms with Crippen molar-refractivity contribution in [3.05, 3.63) is 62.1 Å². The van der Waals surface area contributed by atoms with E-state index in [2.05, 4.69) is 21.2 Å². The highest BCUT2D eigenvalue weighted by Crippen LogP contribution is 2.28. The van der Waals surface area contributed by atoms with Crippen LogP contribution in [-0.4, -0.2) is 15.9 Å². The molecule has 6 nitrogen and oxygen atoms in total. The topological polar surface area (TPSA) is 92.5 Å². The first-order chi connectivity index (χ1) is 9.88. The molecule has 0 aliphatic heterocycles. The van der Waals surface area contributed by atoms with Crippen molar-refractivity contribution in [2.24, 2.45) is 0 Å². The van der Waals surface area contributed by atoms with Gasteiger partial charge in [0.25, 0.3) is 11.6 Å². The second-order valence-corrected chi connectivity index (χ2v) is 5.29. The Morgan fingerprint density at radius 2 is 2.00 bits per heavy atom. The highest BCUT2D eigenvalue weighted by molar-refractivity contribution is 9.10. The fourth-order valence-electron chi connectivity index (χ4n) is 1.81. The average Bonchev–Trinajstić information content (AvgIpc) is 2.40. The molecule has 0 fully saturated rings. The number of phenolic OH excluding ortho intramolecular Hbond substituents is 1. The largest absolute Gasteiger partial charge is 0.506 e. The van der Waals surface area contributed by atoms with Gasteiger partial charge in [0.2, 0.25) is 0 Å². The Labute approximate surface area is 128 Å². The van der Waals surface area contributed by atoms with Crippen molar-refractivity contribution in [1.29, 1.82) is 0 Å². The van der Waals surface area contributed by atoms with Gasteiger partial charge in [0.1, 0.15) is 5.75 Å². The maximum absolute atomic E-state index is 12.1. The van der Waals surface area contributed by atoms with E-state index in [1.165, 1.54) is 12.1 Å². The van der Waals surface area contributed by atoms with Crippen LogP contribution in [0, 0.1) is 17.0 Å². The van der Waals surface area contributed by atoms with Gasteiger partial charge < -0.3 is 10.4 Å². The molecule has 0 radical (unpaired) electrons. The summed E-state index contributed by atoms with van der Waals surface area (Å²) >= 11 is 3.31. The number of aromatic hydroxyl groups is 1. The lowest BCUT2D eigenvalue weighted by Crippen LogP contribution is -2.13. The Balaban J connectivity index is 2.25. The summed E-state index contributed by atoms with van der Waals surface area (Å²) in [5.74, 6) is -0.753. The minimum atomic E-state index is -0.621. The predicted octanol–water partition coefficient (Wildman–Crippen LogP) is 3.62. The van der Waals surface area contributed by atoms with Gasteiger partial charge in [-0.1, -0.05) is 15.9 Å². The third kappa shape index (κ3) is 3.38. The van der Waals surface area contributed by atoms with Crippen LogP contribution in [0.1, 0.15) is 15.9 Å². The summed E-state index contributed by atoms with van der Waals surface area (Å²) in [6.07, 6.45) is 0. The van der Waals surface area contributed by atoms with Gasteiger partial charge in [-0.3, -0.25) is 14.9 Å². The summed E-state index contributed by atoms with van der Waals surface area (Å²) in [7, 11) is 0. The Morgan fingerprint density at radius 1 is 1.29 bits per heavy atom. The van der Waals surface area contributed by atoms with Crippen molar-refractivity contribution in [1.82, 2.24) is 0 Å². The monoisotopic (exact) mass is 350 g/mol. The number of rotatable bonds is 3. The summed E-state index contributed by atoms with van der Waals surface area (Å²) in [6.45, 7) is 1.79. The van der Waals surface area contributed by atoms with E-state index in [1.807, 2.05) is 0 Å². The predicted molar refractivity (Wildman–Crippen MR) is 81.6 cm³/mol. The van der Waals surface area contributed by atoms with Crippen molar-refractivity contribution >= 4 is 33.2 Å². The molecule has 2 rings (SSSR count). The molecule has 0 heterocycles. The number of amides is 1. The zero-order valence-corrected chi connectivity index (χ0v) is 12.5.